The summed E-state index contributed by atoms with van der Waals surface area (Å²) < 4.78 is 0. The lowest BCUT2D eigenvalue weighted by molar-refractivity contribution is 0.509. The number of rotatable bonds is 5. The van der Waals surface area contributed by atoms with Gasteiger partial charge in [-0.25, -0.2) is 0 Å². The second-order valence-corrected chi connectivity index (χ2v) is 6.15. The number of thiophene rings is 1. The normalized spacial score (nSPS) is 18.2. The molecule has 1 N–H and O–H groups in total. The van der Waals surface area contributed by atoms with Crippen LogP contribution in [0.25, 0.3) is 0 Å². The first-order valence-electron chi connectivity index (χ1n) is 7.23. The van der Waals surface area contributed by atoms with Crippen LogP contribution in [0.5, 0.6) is 0 Å². The number of hydrogen-bond acceptors (Lipinski definition) is 2. The highest BCUT2D eigenvalue weighted by Gasteiger charge is 2.18. The van der Waals surface area contributed by atoms with E-state index >= 15 is 0 Å². The standard InChI is InChI=1S/C17H21NS/c1-2-7-17-15(4-1)5-3-6-16(17)12-18-10-8-14-9-11-19-13-14/h1-2,4,7,9,11,13,16,18H,3,5-6,8,10,12H2. The van der Waals surface area contributed by atoms with E-state index in [4.69, 9.17) is 0 Å². The smallest absolute Gasteiger partial charge is 0.00203 e. The molecule has 1 aromatic carbocycles. The fraction of sp³-hybridized carbons (Fsp3) is 0.412. The third kappa shape index (κ3) is 3.26. The first kappa shape index (κ1) is 12.9. The second kappa shape index (κ2) is 6.36. The maximum Gasteiger partial charge on any atom is 0.00203 e. The SMILES string of the molecule is c1ccc2c(c1)CCCC2CNCCc1ccsc1. The molecular formula is C17H21NS. The van der Waals surface area contributed by atoms with Gasteiger partial charge in [-0.15, -0.1) is 0 Å². The summed E-state index contributed by atoms with van der Waals surface area (Å²) in [6.45, 7) is 2.22. The zero-order valence-electron chi connectivity index (χ0n) is 11.3. The summed E-state index contributed by atoms with van der Waals surface area (Å²) in [7, 11) is 0. The largest absolute Gasteiger partial charge is 0.316 e. The molecule has 0 saturated carbocycles. The minimum atomic E-state index is 0.715. The van der Waals surface area contributed by atoms with E-state index in [2.05, 4.69) is 46.4 Å². The molecule has 1 nitrogen and oxygen atoms in total. The Bertz CT molecular complexity index is 504. The lowest BCUT2D eigenvalue weighted by Gasteiger charge is -2.25. The van der Waals surface area contributed by atoms with Crippen LogP contribution >= 0.6 is 11.3 Å². The molecule has 100 valence electrons. The number of fused-ring (bicyclic) bond motifs is 1. The number of benzene rings is 1. The van der Waals surface area contributed by atoms with Gasteiger partial charge in [-0.3, -0.25) is 0 Å². The zero-order valence-corrected chi connectivity index (χ0v) is 12.1. The molecular weight excluding hydrogens is 250 g/mol. The van der Waals surface area contributed by atoms with E-state index in [0.29, 0.717) is 5.92 Å². The predicted octanol–water partition coefficient (Wildman–Crippen LogP) is 4.00. The highest BCUT2D eigenvalue weighted by molar-refractivity contribution is 7.07. The molecule has 2 heteroatoms. The fourth-order valence-electron chi connectivity index (χ4n) is 3.01. The van der Waals surface area contributed by atoms with E-state index < -0.39 is 0 Å². The average molecular weight is 271 g/mol. The van der Waals surface area contributed by atoms with E-state index in [1.54, 1.807) is 22.5 Å². The van der Waals surface area contributed by atoms with Crippen molar-refractivity contribution in [1.29, 1.82) is 0 Å². The van der Waals surface area contributed by atoms with Crippen LogP contribution in [0.4, 0.5) is 0 Å². The van der Waals surface area contributed by atoms with Crippen LogP contribution in [0.15, 0.2) is 41.1 Å². The van der Waals surface area contributed by atoms with E-state index in [9.17, 15) is 0 Å². The molecule has 1 aliphatic carbocycles. The molecule has 2 aromatic rings. The molecule has 0 amide bonds. The topological polar surface area (TPSA) is 12.0 Å². The van der Waals surface area contributed by atoms with Gasteiger partial charge in [0.1, 0.15) is 0 Å². The summed E-state index contributed by atoms with van der Waals surface area (Å²) in [6, 6.07) is 11.2. The molecule has 1 aliphatic rings. The van der Waals surface area contributed by atoms with Crippen LogP contribution in [-0.2, 0) is 12.8 Å². The average Bonchev–Trinajstić information content (AvgIpc) is 2.97. The van der Waals surface area contributed by atoms with Crippen molar-refractivity contribution in [1.82, 2.24) is 5.32 Å². The fourth-order valence-corrected chi connectivity index (χ4v) is 3.71. The maximum absolute atomic E-state index is 3.64. The molecule has 0 saturated heterocycles. The van der Waals surface area contributed by atoms with E-state index in [1.165, 1.54) is 24.8 Å². The number of aryl methyl sites for hydroxylation is 1. The summed E-state index contributed by atoms with van der Waals surface area (Å²) in [5.41, 5.74) is 4.61. The predicted molar refractivity (Wildman–Crippen MR) is 83.0 cm³/mol. The molecule has 1 atom stereocenters. The molecule has 0 spiro atoms. The van der Waals surface area contributed by atoms with E-state index in [1.807, 2.05) is 0 Å². The molecule has 0 radical (unpaired) electrons. The number of hydrogen-bond donors (Lipinski definition) is 1. The minimum absolute atomic E-state index is 0.715. The van der Waals surface area contributed by atoms with Gasteiger partial charge in [0.05, 0.1) is 0 Å². The van der Waals surface area contributed by atoms with Gasteiger partial charge in [0.2, 0.25) is 0 Å². The molecule has 1 unspecified atom stereocenters. The van der Waals surface area contributed by atoms with Crippen molar-refractivity contribution in [3.8, 4) is 0 Å². The van der Waals surface area contributed by atoms with Crippen LogP contribution in [0.1, 0.15) is 35.4 Å². The van der Waals surface area contributed by atoms with Crippen molar-refractivity contribution in [3.63, 3.8) is 0 Å². The maximum atomic E-state index is 3.64. The van der Waals surface area contributed by atoms with Crippen molar-refractivity contribution < 1.29 is 0 Å². The van der Waals surface area contributed by atoms with Crippen molar-refractivity contribution in [3.05, 3.63) is 57.8 Å². The van der Waals surface area contributed by atoms with Crippen molar-refractivity contribution in [2.75, 3.05) is 13.1 Å². The van der Waals surface area contributed by atoms with Crippen molar-refractivity contribution >= 4 is 11.3 Å². The first-order chi connectivity index (χ1) is 9.43. The Hall–Kier alpha value is -1.12. The summed E-state index contributed by atoms with van der Waals surface area (Å²) >= 11 is 1.79. The van der Waals surface area contributed by atoms with Gasteiger partial charge in [-0.1, -0.05) is 24.3 Å². The molecule has 0 bridgehead atoms. The first-order valence-corrected chi connectivity index (χ1v) is 8.17. The third-order valence-electron chi connectivity index (χ3n) is 4.05. The molecule has 0 fully saturated rings. The van der Waals surface area contributed by atoms with Crippen LogP contribution < -0.4 is 5.32 Å². The van der Waals surface area contributed by atoms with Gasteiger partial charge in [0, 0.05) is 6.54 Å². The van der Waals surface area contributed by atoms with Gasteiger partial charge >= 0.3 is 0 Å². The number of nitrogens with one attached hydrogen (secondary N) is 1. The van der Waals surface area contributed by atoms with E-state index in [0.717, 1.165) is 19.5 Å². The van der Waals surface area contributed by atoms with Crippen molar-refractivity contribution in [2.24, 2.45) is 0 Å². The van der Waals surface area contributed by atoms with Gasteiger partial charge < -0.3 is 5.32 Å². The Labute approximate surface area is 119 Å². The second-order valence-electron chi connectivity index (χ2n) is 5.37. The lowest BCUT2D eigenvalue weighted by atomic mass is 9.83. The summed E-state index contributed by atoms with van der Waals surface area (Å²) in [4.78, 5) is 0. The monoisotopic (exact) mass is 271 g/mol. The summed E-state index contributed by atoms with van der Waals surface area (Å²) in [6.07, 6.45) is 5.09. The van der Waals surface area contributed by atoms with Crippen molar-refractivity contribution in [2.45, 2.75) is 31.6 Å². The van der Waals surface area contributed by atoms with Gasteiger partial charge in [-0.2, -0.15) is 11.3 Å². The third-order valence-corrected chi connectivity index (χ3v) is 4.79. The van der Waals surface area contributed by atoms with Gasteiger partial charge in [-0.05, 0) is 71.7 Å². The Balaban J connectivity index is 1.51. The highest BCUT2D eigenvalue weighted by Crippen LogP contribution is 2.30. The zero-order chi connectivity index (χ0) is 12.9. The van der Waals surface area contributed by atoms with Crippen LogP contribution in [0.3, 0.4) is 0 Å². The lowest BCUT2D eigenvalue weighted by Crippen LogP contribution is -2.26. The Morgan fingerprint density at radius 1 is 1.21 bits per heavy atom. The molecule has 0 aliphatic heterocycles. The van der Waals surface area contributed by atoms with Gasteiger partial charge in [0.25, 0.3) is 0 Å². The highest BCUT2D eigenvalue weighted by atomic mass is 32.1. The van der Waals surface area contributed by atoms with Gasteiger partial charge in [0.15, 0.2) is 0 Å². The molecule has 1 heterocycles. The molecule has 1 aromatic heterocycles. The van der Waals surface area contributed by atoms with Crippen LogP contribution in [0.2, 0.25) is 0 Å². The quantitative estimate of drug-likeness (QED) is 0.811. The Morgan fingerprint density at radius 3 is 3.05 bits per heavy atom. The minimum Gasteiger partial charge on any atom is -0.316 e. The Morgan fingerprint density at radius 2 is 2.16 bits per heavy atom. The Kier molecular flexibility index (Phi) is 4.31. The summed E-state index contributed by atoms with van der Waals surface area (Å²) in [5.74, 6) is 0.715. The van der Waals surface area contributed by atoms with E-state index in [-0.39, 0.29) is 0 Å². The van der Waals surface area contributed by atoms with Crippen LogP contribution in [0, 0.1) is 0 Å². The molecule has 19 heavy (non-hydrogen) atoms. The summed E-state index contributed by atoms with van der Waals surface area (Å²) in [5, 5.41) is 8.05. The van der Waals surface area contributed by atoms with Crippen LogP contribution in [-0.4, -0.2) is 13.1 Å². The molecule has 3 rings (SSSR count).